The number of amides is 1. The first kappa shape index (κ1) is 19.8. The molecule has 0 saturated heterocycles. The molecule has 0 spiro atoms. The van der Waals surface area contributed by atoms with E-state index in [-0.39, 0.29) is 17.2 Å². The van der Waals surface area contributed by atoms with Crippen molar-refractivity contribution in [1.82, 2.24) is 9.97 Å². The van der Waals surface area contributed by atoms with Crippen LogP contribution in [0.5, 0.6) is 0 Å². The second-order valence-electron chi connectivity index (χ2n) is 6.86. The molecule has 0 radical (unpaired) electrons. The Morgan fingerprint density at radius 2 is 2.25 bits per heavy atom. The van der Waals surface area contributed by atoms with Crippen molar-refractivity contribution in [1.29, 1.82) is 0 Å². The fourth-order valence-electron chi connectivity index (χ4n) is 3.31. The fourth-order valence-corrected chi connectivity index (χ4v) is 5.87. The van der Waals surface area contributed by atoms with Crippen LogP contribution in [-0.4, -0.2) is 21.6 Å². The molecule has 1 aromatic carbocycles. The Morgan fingerprint density at radius 1 is 1.43 bits per heavy atom. The molecule has 0 fully saturated rings. The van der Waals surface area contributed by atoms with Crippen molar-refractivity contribution in [3.05, 3.63) is 49.0 Å². The third-order valence-corrected chi connectivity index (χ3v) is 7.26. The van der Waals surface area contributed by atoms with Gasteiger partial charge in [-0.25, -0.2) is 4.98 Å². The molecule has 1 amide bonds. The first-order valence-corrected chi connectivity index (χ1v) is 11.4. The van der Waals surface area contributed by atoms with Crippen molar-refractivity contribution >= 4 is 68.1 Å². The highest BCUT2D eigenvalue weighted by molar-refractivity contribution is 7.99. The van der Waals surface area contributed by atoms with Gasteiger partial charge in [-0.05, 0) is 48.9 Å². The van der Waals surface area contributed by atoms with Gasteiger partial charge in [-0.2, -0.15) is 0 Å². The zero-order valence-corrected chi connectivity index (χ0v) is 18.1. The maximum absolute atomic E-state index is 12.6. The van der Waals surface area contributed by atoms with Crippen LogP contribution < -0.4 is 10.9 Å². The van der Waals surface area contributed by atoms with Gasteiger partial charge in [-0.15, -0.1) is 11.3 Å². The maximum atomic E-state index is 12.6. The number of hydrogen-bond acceptors (Lipinski definition) is 5. The average Bonchev–Trinajstić information content (AvgIpc) is 3.00. The Kier molecular flexibility index (Phi) is 5.69. The van der Waals surface area contributed by atoms with Gasteiger partial charge < -0.3 is 10.3 Å². The Hall–Kier alpha value is -1.54. The summed E-state index contributed by atoms with van der Waals surface area (Å²) in [5.41, 5.74) is 1.52. The smallest absolute Gasteiger partial charge is 0.260 e. The third-order valence-electron chi connectivity index (χ3n) is 4.69. The molecule has 2 heterocycles. The molecule has 2 N–H and O–H groups in total. The van der Waals surface area contributed by atoms with Gasteiger partial charge in [0.1, 0.15) is 4.83 Å². The van der Waals surface area contributed by atoms with E-state index >= 15 is 0 Å². The van der Waals surface area contributed by atoms with Crippen molar-refractivity contribution in [2.24, 2.45) is 5.92 Å². The molecule has 28 heavy (non-hydrogen) atoms. The van der Waals surface area contributed by atoms with Gasteiger partial charge in [-0.1, -0.05) is 41.9 Å². The molecular formula is C19H17Cl2N3O2S2. The van der Waals surface area contributed by atoms with Gasteiger partial charge in [0.15, 0.2) is 5.16 Å². The lowest BCUT2D eigenvalue weighted by Crippen LogP contribution is -2.16. The van der Waals surface area contributed by atoms with Crippen molar-refractivity contribution in [2.75, 3.05) is 11.1 Å². The Morgan fingerprint density at radius 3 is 3.04 bits per heavy atom. The van der Waals surface area contributed by atoms with E-state index in [1.165, 1.54) is 16.6 Å². The van der Waals surface area contributed by atoms with Crippen LogP contribution in [0.25, 0.3) is 10.2 Å². The average molecular weight is 454 g/mol. The minimum absolute atomic E-state index is 0.107. The van der Waals surface area contributed by atoms with Crippen LogP contribution in [0.2, 0.25) is 10.0 Å². The summed E-state index contributed by atoms with van der Waals surface area (Å²) in [5, 5.41) is 4.77. The number of carbonyl (C=O) groups is 1. The number of rotatable bonds is 4. The van der Waals surface area contributed by atoms with E-state index in [1.54, 1.807) is 29.5 Å². The van der Waals surface area contributed by atoms with E-state index < -0.39 is 0 Å². The molecule has 1 atom stereocenters. The number of halogens is 2. The molecule has 0 aliphatic heterocycles. The molecule has 1 aliphatic rings. The highest BCUT2D eigenvalue weighted by Gasteiger charge is 2.23. The van der Waals surface area contributed by atoms with Crippen molar-refractivity contribution in [2.45, 2.75) is 31.3 Å². The zero-order valence-electron chi connectivity index (χ0n) is 15.0. The second kappa shape index (κ2) is 8.06. The van der Waals surface area contributed by atoms with Crippen molar-refractivity contribution < 1.29 is 4.79 Å². The van der Waals surface area contributed by atoms with Crippen LogP contribution in [0.1, 0.15) is 23.8 Å². The van der Waals surface area contributed by atoms with E-state index in [0.29, 0.717) is 32.2 Å². The van der Waals surface area contributed by atoms with Crippen LogP contribution in [0.4, 0.5) is 5.69 Å². The molecule has 4 rings (SSSR count). The van der Waals surface area contributed by atoms with Crippen LogP contribution in [0.15, 0.2) is 28.2 Å². The summed E-state index contributed by atoms with van der Waals surface area (Å²) < 4.78 is 0. The van der Waals surface area contributed by atoms with Gasteiger partial charge in [0.05, 0.1) is 21.8 Å². The highest BCUT2D eigenvalue weighted by atomic mass is 35.5. The minimum Gasteiger partial charge on any atom is -0.324 e. The minimum atomic E-state index is -0.240. The monoisotopic (exact) mass is 453 g/mol. The predicted octanol–water partition coefficient (Wildman–Crippen LogP) is 5.15. The molecule has 9 heteroatoms. The number of thioether (sulfide) groups is 1. The lowest BCUT2D eigenvalue weighted by atomic mass is 9.89. The fraction of sp³-hybridized carbons (Fsp3) is 0.316. The number of nitrogens with zero attached hydrogens (tertiary/aromatic N) is 1. The number of aromatic nitrogens is 2. The molecule has 2 aromatic heterocycles. The largest absolute Gasteiger partial charge is 0.324 e. The molecule has 0 bridgehead atoms. The quantitative estimate of drug-likeness (QED) is 0.423. The number of nitrogens with one attached hydrogen (secondary N) is 2. The van der Waals surface area contributed by atoms with Crippen LogP contribution in [-0.2, 0) is 17.6 Å². The number of benzene rings is 1. The van der Waals surface area contributed by atoms with Crippen LogP contribution >= 0.6 is 46.3 Å². The highest BCUT2D eigenvalue weighted by Crippen LogP contribution is 2.36. The summed E-state index contributed by atoms with van der Waals surface area (Å²) in [6.07, 6.45) is 3.03. The summed E-state index contributed by atoms with van der Waals surface area (Å²) in [4.78, 5) is 34.2. The molecule has 0 saturated carbocycles. The summed E-state index contributed by atoms with van der Waals surface area (Å²) in [7, 11) is 0. The number of H-pyrrole nitrogens is 1. The van der Waals surface area contributed by atoms with E-state index in [0.717, 1.165) is 29.7 Å². The third kappa shape index (κ3) is 4.08. The van der Waals surface area contributed by atoms with Gasteiger partial charge >= 0.3 is 0 Å². The topological polar surface area (TPSA) is 74.8 Å². The number of aryl methyl sites for hydroxylation is 1. The number of aromatic amines is 1. The molecule has 1 unspecified atom stereocenters. The number of hydrogen-bond donors (Lipinski definition) is 2. The lowest BCUT2D eigenvalue weighted by molar-refractivity contribution is -0.113. The normalized spacial score (nSPS) is 16.2. The van der Waals surface area contributed by atoms with Gasteiger partial charge in [0.25, 0.3) is 5.56 Å². The molecule has 5 nitrogen and oxygen atoms in total. The van der Waals surface area contributed by atoms with E-state index in [2.05, 4.69) is 22.2 Å². The van der Waals surface area contributed by atoms with Crippen molar-refractivity contribution in [3.63, 3.8) is 0 Å². The molecule has 3 aromatic rings. The number of thiophene rings is 1. The number of carbonyl (C=O) groups excluding carboxylic acids is 1. The first-order chi connectivity index (χ1) is 13.4. The summed E-state index contributed by atoms with van der Waals surface area (Å²) >= 11 is 14.7. The van der Waals surface area contributed by atoms with Crippen molar-refractivity contribution in [3.8, 4) is 0 Å². The van der Waals surface area contributed by atoms with Gasteiger partial charge in [0.2, 0.25) is 5.91 Å². The first-order valence-electron chi connectivity index (χ1n) is 8.83. The second-order valence-corrected chi connectivity index (χ2v) is 9.76. The summed E-state index contributed by atoms with van der Waals surface area (Å²) in [5.74, 6) is 0.503. The summed E-state index contributed by atoms with van der Waals surface area (Å²) in [6.45, 7) is 2.23. The number of fused-ring (bicyclic) bond motifs is 3. The number of anilines is 1. The van der Waals surface area contributed by atoms with E-state index in [4.69, 9.17) is 23.2 Å². The molecule has 146 valence electrons. The van der Waals surface area contributed by atoms with E-state index in [9.17, 15) is 9.59 Å². The Bertz CT molecular complexity index is 1130. The Balaban J connectivity index is 1.49. The summed E-state index contributed by atoms with van der Waals surface area (Å²) in [6, 6.07) is 4.87. The SMILES string of the molecule is CC1CCc2c(sc3nc(SCC(=O)Nc4ccc(Cl)cc4Cl)[nH]c(=O)c23)C1. The van der Waals surface area contributed by atoms with E-state index in [1.807, 2.05) is 0 Å². The zero-order chi connectivity index (χ0) is 19.8. The van der Waals surface area contributed by atoms with Crippen LogP contribution in [0.3, 0.4) is 0 Å². The predicted molar refractivity (Wildman–Crippen MR) is 117 cm³/mol. The standard InChI is InChI=1S/C19H17Cl2N3O2S2/c1-9-2-4-11-14(6-9)28-18-16(11)17(26)23-19(24-18)27-8-15(25)22-13-5-3-10(20)7-12(13)21/h3,5,7,9H,2,4,6,8H2,1H3,(H,22,25)(H,23,24,26). The maximum Gasteiger partial charge on any atom is 0.260 e. The molecule has 1 aliphatic carbocycles. The van der Waals surface area contributed by atoms with Gasteiger partial charge in [0, 0.05) is 9.90 Å². The molecular weight excluding hydrogens is 437 g/mol. The van der Waals surface area contributed by atoms with Crippen LogP contribution in [0, 0.1) is 5.92 Å². The Labute approximate surface area is 179 Å². The van der Waals surface area contributed by atoms with Gasteiger partial charge in [-0.3, -0.25) is 9.59 Å². The lowest BCUT2D eigenvalue weighted by Gasteiger charge is -2.17.